The normalized spacial score (nSPS) is 27.6. The lowest BCUT2D eigenvalue weighted by Gasteiger charge is -2.26. The van der Waals surface area contributed by atoms with Crippen molar-refractivity contribution in [3.8, 4) is 0 Å². The van der Waals surface area contributed by atoms with E-state index < -0.39 is 15.8 Å². The van der Waals surface area contributed by atoms with Crippen molar-refractivity contribution in [3.63, 3.8) is 0 Å². The smallest absolute Gasteiger partial charge is 0.253 e. The highest BCUT2D eigenvalue weighted by Gasteiger charge is 2.47. The summed E-state index contributed by atoms with van der Waals surface area (Å²) < 4.78 is 30.6. The third-order valence-electron chi connectivity index (χ3n) is 3.58. The second-order valence-corrected chi connectivity index (χ2v) is 7.17. The molecule has 0 bridgehead atoms. The Labute approximate surface area is 129 Å². The van der Waals surface area contributed by atoms with Crippen LogP contribution in [0.25, 0.3) is 0 Å². The van der Waals surface area contributed by atoms with Crippen molar-refractivity contribution in [1.82, 2.24) is 4.31 Å². The molecule has 0 radical (unpaired) electrons. The topological polar surface area (TPSA) is 46.6 Å². The lowest BCUT2D eigenvalue weighted by atomic mass is 10.1. The van der Waals surface area contributed by atoms with E-state index in [1.54, 1.807) is 19.1 Å². The molecule has 1 heterocycles. The van der Waals surface area contributed by atoms with E-state index in [-0.39, 0.29) is 12.1 Å². The summed E-state index contributed by atoms with van der Waals surface area (Å²) in [7, 11) is -3.84. The van der Waals surface area contributed by atoms with Crippen LogP contribution in [-0.2, 0) is 14.5 Å². The van der Waals surface area contributed by atoms with Crippen molar-refractivity contribution < 1.29 is 12.6 Å². The zero-order valence-corrected chi connectivity index (χ0v) is 13.8. The molecule has 0 aliphatic carbocycles. The van der Waals surface area contributed by atoms with Gasteiger partial charge in [0, 0.05) is 10.6 Å². The Balaban J connectivity index is 2.45. The van der Waals surface area contributed by atoms with Crippen molar-refractivity contribution in [3.05, 3.63) is 34.3 Å². The molecule has 0 aromatic heterocycles. The molecule has 7 heteroatoms. The number of hydrogen-bond acceptors (Lipinski definition) is 3. The van der Waals surface area contributed by atoms with Gasteiger partial charge in [-0.1, -0.05) is 42.3 Å². The summed E-state index contributed by atoms with van der Waals surface area (Å²) in [5, 5.41) is 0.451. The molecular formula is C13H17Cl2NO3S. The van der Waals surface area contributed by atoms with Gasteiger partial charge in [-0.3, -0.25) is 4.18 Å². The maximum Gasteiger partial charge on any atom is 0.340 e. The first-order valence-electron chi connectivity index (χ1n) is 6.40. The summed E-state index contributed by atoms with van der Waals surface area (Å²) in [5.74, 6) is 0. The zero-order chi connectivity index (χ0) is 15.1. The average Bonchev–Trinajstić information content (AvgIpc) is 2.58. The summed E-state index contributed by atoms with van der Waals surface area (Å²) in [5.41, 5.74) is 0.576. The van der Waals surface area contributed by atoms with Crippen molar-refractivity contribution in [2.45, 2.75) is 44.8 Å². The maximum atomic E-state index is 12.2. The highest BCUT2D eigenvalue weighted by molar-refractivity contribution is 7.84. The Morgan fingerprint density at radius 1 is 1.45 bits per heavy atom. The SMILES string of the molecule is CCC1OS(=O)(=O)N(C(Cl)c2c(C)cccc2Cl)C1C. The van der Waals surface area contributed by atoms with Crippen LogP contribution in [0.4, 0.5) is 0 Å². The molecule has 0 saturated carbocycles. The van der Waals surface area contributed by atoms with Crippen LogP contribution < -0.4 is 0 Å². The Hall–Kier alpha value is -0.330. The number of nitrogens with zero attached hydrogens (tertiary/aromatic N) is 1. The number of halogens is 2. The van der Waals surface area contributed by atoms with Crippen LogP contribution in [-0.4, -0.2) is 24.9 Å². The number of aryl methyl sites for hydroxylation is 1. The van der Waals surface area contributed by atoms with Crippen molar-refractivity contribution in [2.24, 2.45) is 0 Å². The van der Waals surface area contributed by atoms with Gasteiger partial charge >= 0.3 is 10.3 Å². The second kappa shape index (κ2) is 5.81. The van der Waals surface area contributed by atoms with Gasteiger partial charge < -0.3 is 0 Å². The fourth-order valence-electron chi connectivity index (χ4n) is 2.46. The highest BCUT2D eigenvalue weighted by Crippen LogP contribution is 2.41. The predicted octanol–water partition coefficient (Wildman–Crippen LogP) is 3.63. The van der Waals surface area contributed by atoms with Gasteiger partial charge in [-0.2, -0.15) is 12.7 Å². The molecule has 1 aromatic carbocycles. The molecule has 2 rings (SSSR count). The molecule has 0 spiro atoms. The van der Waals surface area contributed by atoms with E-state index in [9.17, 15) is 8.42 Å². The molecule has 20 heavy (non-hydrogen) atoms. The van der Waals surface area contributed by atoms with Crippen LogP contribution in [0.15, 0.2) is 18.2 Å². The monoisotopic (exact) mass is 337 g/mol. The zero-order valence-electron chi connectivity index (χ0n) is 11.5. The van der Waals surface area contributed by atoms with Crippen molar-refractivity contribution in [1.29, 1.82) is 0 Å². The molecule has 1 aliphatic heterocycles. The first-order chi connectivity index (χ1) is 9.29. The van der Waals surface area contributed by atoms with E-state index in [0.29, 0.717) is 17.0 Å². The van der Waals surface area contributed by atoms with Crippen LogP contribution in [0.1, 0.15) is 36.9 Å². The Morgan fingerprint density at radius 2 is 2.10 bits per heavy atom. The number of rotatable bonds is 3. The first kappa shape index (κ1) is 16.0. The van der Waals surface area contributed by atoms with E-state index in [2.05, 4.69) is 0 Å². The van der Waals surface area contributed by atoms with Crippen molar-refractivity contribution >= 4 is 33.5 Å². The van der Waals surface area contributed by atoms with E-state index in [1.807, 2.05) is 19.9 Å². The van der Waals surface area contributed by atoms with Crippen molar-refractivity contribution in [2.75, 3.05) is 0 Å². The fourth-order valence-corrected chi connectivity index (χ4v) is 5.18. The molecule has 1 saturated heterocycles. The minimum atomic E-state index is -3.84. The van der Waals surface area contributed by atoms with Gasteiger partial charge in [0.25, 0.3) is 0 Å². The third kappa shape index (κ3) is 2.70. The molecule has 3 unspecified atom stereocenters. The Morgan fingerprint density at radius 3 is 2.60 bits per heavy atom. The lowest BCUT2D eigenvalue weighted by Crippen LogP contribution is -2.35. The van der Waals surface area contributed by atoms with Gasteiger partial charge in [0.2, 0.25) is 0 Å². The lowest BCUT2D eigenvalue weighted by molar-refractivity contribution is 0.195. The minimum absolute atomic E-state index is 0.330. The van der Waals surface area contributed by atoms with Crippen LogP contribution in [0.5, 0.6) is 0 Å². The maximum absolute atomic E-state index is 12.2. The van der Waals surface area contributed by atoms with E-state index >= 15 is 0 Å². The summed E-state index contributed by atoms with van der Waals surface area (Å²) in [4.78, 5) is 0. The quantitative estimate of drug-likeness (QED) is 0.625. The summed E-state index contributed by atoms with van der Waals surface area (Å²) in [6.45, 7) is 5.52. The number of hydrogen-bond donors (Lipinski definition) is 0. The molecule has 1 aromatic rings. The molecule has 3 atom stereocenters. The average molecular weight is 338 g/mol. The van der Waals surface area contributed by atoms with Gasteiger partial charge in [0.15, 0.2) is 0 Å². The third-order valence-corrected chi connectivity index (χ3v) is 6.00. The standard InChI is InChI=1S/C13H17Cl2NO3S/c1-4-11-9(3)16(20(17,18)19-11)13(15)12-8(2)6-5-7-10(12)14/h5-7,9,11,13H,4H2,1-3H3. The van der Waals surface area contributed by atoms with Crippen LogP contribution >= 0.6 is 23.2 Å². The molecule has 1 fully saturated rings. The fraction of sp³-hybridized carbons (Fsp3) is 0.538. The molecule has 0 N–H and O–H groups in total. The molecule has 1 aliphatic rings. The van der Waals surface area contributed by atoms with Crippen LogP contribution in [0.3, 0.4) is 0 Å². The van der Waals surface area contributed by atoms with Gasteiger partial charge in [-0.25, -0.2) is 0 Å². The first-order valence-corrected chi connectivity index (χ1v) is 8.58. The second-order valence-electron chi connectivity index (χ2n) is 4.88. The van der Waals surface area contributed by atoms with E-state index in [0.717, 1.165) is 5.56 Å². The summed E-state index contributed by atoms with van der Waals surface area (Å²) in [6.07, 6.45) is 0.214. The summed E-state index contributed by atoms with van der Waals surface area (Å²) in [6, 6.07) is 5.02. The molecule has 112 valence electrons. The molecular weight excluding hydrogens is 321 g/mol. The van der Waals surface area contributed by atoms with E-state index in [4.69, 9.17) is 27.4 Å². The van der Waals surface area contributed by atoms with Crippen LogP contribution in [0.2, 0.25) is 5.02 Å². The van der Waals surface area contributed by atoms with Gasteiger partial charge in [-0.05, 0) is 31.9 Å². The van der Waals surface area contributed by atoms with Gasteiger partial charge in [-0.15, -0.1) is 0 Å². The number of alkyl halides is 1. The van der Waals surface area contributed by atoms with E-state index in [1.165, 1.54) is 4.31 Å². The summed E-state index contributed by atoms with van der Waals surface area (Å²) >= 11 is 12.6. The largest absolute Gasteiger partial charge is 0.340 e. The highest BCUT2D eigenvalue weighted by atomic mass is 35.5. The van der Waals surface area contributed by atoms with Crippen LogP contribution in [0, 0.1) is 6.92 Å². The number of benzene rings is 1. The van der Waals surface area contributed by atoms with Gasteiger partial charge in [0.05, 0.1) is 12.1 Å². The predicted molar refractivity (Wildman–Crippen MR) is 80.2 cm³/mol. The Kier molecular flexibility index (Phi) is 4.66. The molecule has 4 nitrogen and oxygen atoms in total. The minimum Gasteiger partial charge on any atom is -0.253 e. The van der Waals surface area contributed by atoms with Gasteiger partial charge in [0.1, 0.15) is 5.50 Å². The molecule has 0 amide bonds. The Bertz CT molecular complexity index is 585.